The van der Waals surface area contributed by atoms with Gasteiger partial charge in [0, 0.05) is 11.6 Å². The van der Waals surface area contributed by atoms with E-state index in [4.69, 9.17) is 9.15 Å². The molecule has 0 saturated carbocycles. The molecule has 3 aromatic rings. The topological polar surface area (TPSA) is 75.8 Å². The van der Waals surface area contributed by atoms with Gasteiger partial charge in [-0.3, -0.25) is 0 Å². The molecule has 1 aliphatic rings. The van der Waals surface area contributed by atoms with Crippen LogP contribution in [0.15, 0.2) is 40.9 Å². The van der Waals surface area contributed by atoms with Crippen LogP contribution < -0.4 is 9.64 Å². The van der Waals surface area contributed by atoms with Gasteiger partial charge in [0.05, 0.1) is 13.1 Å². The molecule has 0 radical (unpaired) electrons. The molecule has 1 N–H and O–H groups in total. The minimum absolute atomic E-state index is 0.108. The molecular formula is C19H14F4N2O4. The van der Waals surface area contributed by atoms with Gasteiger partial charge in [0.2, 0.25) is 0 Å². The lowest BCUT2D eigenvalue weighted by Gasteiger charge is -2.40. The second-order valence-corrected chi connectivity index (χ2v) is 6.70. The van der Waals surface area contributed by atoms with Gasteiger partial charge in [0.1, 0.15) is 34.0 Å². The number of aromatic nitrogens is 1. The first-order valence-electron chi connectivity index (χ1n) is 8.49. The third-order valence-corrected chi connectivity index (χ3v) is 4.54. The maximum Gasteiger partial charge on any atom is 0.430 e. The van der Waals surface area contributed by atoms with E-state index in [1.165, 1.54) is 31.3 Å². The molecule has 10 heteroatoms. The largest absolute Gasteiger partial charge is 0.478 e. The third kappa shape index (κ3) is 3.34. The highest BCUT2D eigenvalue weighted by Gasteiger charge is 2.48. The summed E-state index contributed by atoms with van der Waals surface area (Å²) in [7, 11) is 0. The summed E-state index contributed by atoms with van der Waals surface area (Å²) >= 11 is 0. The average Bonchev–Trinajstić information content (AvgIpc) is 2.94. The lowest BCUT2D eigenvalue weighted by molar-refractivity contribution is -0.185. The number of furan rings is 1. The van der Waals surface area contributed by atoms with Crippen molar-refractivity contribution in [1.29, 1.82) is 0 Å². The van der Waals surface area contributed by atoms with Gasteiger partial charge in [-0.15, -0.1) is 0 Å². The molecule has 0 aliphatic carbocycles. The molecule has 152 valence electrons. The van der Waals surface area contributed by atoms with E-state index in [0.717, 1.165) is 17.0 Å². The summed E-state index contributed by atoms with van der Waals surface area (Å²) in [5, 5.41) is 9.41. The summed E-state index contributed by atoms with van der Waals surface area (Å²) in [6.07, 6.45) is -2.67. The van der Waals surface area contributed by atoms with E-state index < -0.39 is 36.7 Å². The van der Waals surface area contributed by atoms with E-state index in [0.29, 0.717) is 0 Å². The Morgan fingerprint density at radius 3 is 2.69 bits per heavy atom. The number of ether oxygens (including phenoxy) is 1. The zero-order valence-corrected chi connectivity index (χ0v) is 15.0. The zero-order chi connectivity index (χ0) is 21.0. The Bertz CT molecular complexity index is 1100. The highest BCUT2D eigenvalue weighted by molar-refractivity contribution is 6.03. The van der Waals surface area contributed by atoms with Crippen LogP contribution >= 0.6 is 0 Å². The Hall–Kier alpha value is -3.30. The molecule has 4 rings (SSSR count). The number of hydrogen-bond acceptors (Lipinski definition) is 5. The van der Waals surface area contributed by atoms with Crippen LogP contribution in [0.25, 0.3) is 11.0 Å². The first-order chi connectivity index (χ1) is 13.6. The monoisotopic (exact) mass is 410 g/mol. The Balaban J connectivity index is 1.68. The van der Waals surface area contributed by atoms with Gasteiger partial charge in [0.25, 0.3) is 5.92 Å². The summed E-state index contributed by atoms with van der Waals surface area (Å²) in [5.41, 5.74) is -0.614. The van der Waals surface area contributed by atoms with Crippen molar-refractivity contribution in [3.05, 3.63) is 53.4 Å². The fraction of sp³-hybridized carbons (Fsp3) is 0.263. The number of carboxylic acid groups (broad SMARTS) is 1. The number of hydrogen-bond donors (Lipinski definition) is 1. The number of aryl methyl sites for hydroxylation is 1. The standard InChI is InChI=1S/C19H14F4N2O4/c1-10-15(17(26)27)12-7-11(4-5-14(12)28-10)29-19(22,23)13-3-2-6-24-16(13)25-8-18(20,21)9-25/h2-7H,8-9H2,1H3,(H,26,27). The Morgan fingerprint density at radius 2 is 2.03 bits per heavy atom. The summed E-state index contributed by atoms with van der Waals surface area (Å²) in [6.45, 7) is 0.0218. The number of carbonyl (C=O) groups is 1. The normalized spacial score (nSPS) is 16.0. The van der Waals surface area contributed by atoms with Gasteiger partial charge < -0.3 is 19.2 Å². The highest BCUT2D eigenvalue weighted by Crippen LogP contribution is 2.40. The van der Waals surface area contributed by atoms with Crippen LogP contribution in [-0.4, -0.2) is 35.1 Å². The number of fused-ring (bicyclic) bond motifs is 1. The van der Waals surface area contributed by atoms with Crippen molar-refractivity contribution in [2.24, 2.45) is 0 Å². The number of pyridine rings is 1. The molecular weight excluding hydrogens is 396 g/mol. The van der Waals surface area contributed by atoms with Gasteiger partial charge >= 0.3 is 12.1 Å². The molecule has 0 atom stereocenters. The Labute approximate surface area is 161 Å². The van der Waals surface area contributed by atoms with Gasteiger partial charge in [-0.2, -0.15) is 8.78 Å². The predicted molar refractivity (Wildman–Crippen MR) is 93.8 cm³/mol. The first kappa shape index (κ1) is 19.0. The molecule has 1 aromatic carbocycles. The molecule has 1 aliphatic heterocycles. The van der Waals surface area contributed by atoms with Crippen LogP contribution in [0.5, 0.6) is 5.75 Å². The van der Waals surface area contributed by atoms with Gasteiger partial charge in [-0.1, -0.05) is 0 Å². The van der Waals surface area contributed by atoms with Crippen LogP contribution in [0, 0.1) is 6.92 Å². The maximum atomic E-state index is 14.9. The number of benzene rings is 1. The molecule has 1 fully saturated rings. The molecule has 0 unspecified atom stereocenters. The maximum absolute atomic E-state index is 14.9. The quantitative estimate of drug-likeness (QED) is 0.628. The molecule has 0 spiro atoms. The van der Waals surface area contributed by atoms with E-state index >= 15 is 0 Å². The SMILES string of the molecule is Cc1oc2ccc(OC(F)(F)c3cccnc3N3CC(F)(F)C3)cc2c1C(=O)O. The van der Waals surface area contributed by atoms with Gasteiger partial charge in [0.15, 0.2) is 0 Å². The van der Waals surface area contributed by atoms with E-state index in [2.05, 4.69) is 4.98 Å². The van der Waals surface area contributed by atoms with Crippen molar-refractivity contribution < 1.29 is 36.6 Å². The number of nitrogens with zero attached hydrogens (tertiary/aromatic N) is 2. The van der Waals surface area contributed by atoms with Crippen molar-refractivity contribution in [2.45, 2.75) is 19.0 Å². The number of aromatic carboxylic acids is 1. The number of rotatable bonds is 5. The zero-order valence-electron chi connectivity index (χ0n) is 15.0. The van der Waals surface area contributed by atoms with E-state index in [-0.39, 0.29) is 33.9 Å². The van der Waals surface area contributed by atoms with Crippen LogP contribution in [0.3, 0.4) is 0 Å². The fourth-order valence-electron chi connectivity index (χ4n) is 3.27. The summed E-state index contributed by atoms with van der Waals surface area (Å²) in [4.78, 5) is 16.2. The van der Waals surface area contributed by atoms with Gasteiger partial charge in [-0.05, 0) is 37.3 Å². The minimum atomic E-state index is -3.90. The van der Waals surface area contributed by atoms with E-state index in [1.54, 1.807) is 0 Å². The second-order valence-electron chi connectivity index (χ2n) is 6.70. The van der Waals surface area contributed by atoms with Crippen LogP contribution in [0.4, 0.5) is 23.4 Å². The predicted octanol–water partition coefficient (Wildman–Crippen LogP) is 4.42. The number of carboxylic acids is 1. The Kier molecular flexibility index (Phi) is 4.18. The molecule has 2 aromatic heterocycles. The van der Waals surface area contributed by atoms with Crippen LogP contribution in [0.1, 0.15) is 21.7 Å². The summed E-state index contributed by atoms with van der Waals surface area (Å²) in [6, 6.07) is 5.96. The van der Waals surface area contributed by atoms with Crippen LogP contribution in [0.2, 0.25) is 0 Å². The van der Waals surface area contributed by atoms with Crippen molar-refractivity contribution in [3.8, 4) is 5.75 Å². The molecule has 29 heavy (non-hydrogen) atoms. The summed E-state index contributed by atoms with van der Waals surface area (Å²) < 4.78 is 66.2. The number of halogens is 4. The van der Waals surface area contributed by atoms with Crippen molar-refractivity contribution in [2.75, 3.05) is 18.0 Å². The average molecular weight is 410 g/mol. The molecule has 3 heterocycles. The number of anilines is 1. The molecule has 1 saturated heterocycles. The van der Waals surface area contributed by atoms with Crippen molar-refractivity contribution >= 4 is 22.8 Å². The van der Waals surface area contributed by atoms with Gasteiger partial charge in [-0.25, -0.2) is 18.6 Å². The smallest absolute Gasteiger partial charge is 0.430 e. The minimum Gasteiger partial charge on any atom is -0.478 e. The fourth-order valence-corrected chi connectivity index (χ4v) is 3.27. The molecule has 0 bridgehead atoms. The Morgan fingerprint density at radius 1 is 1.31 bits per heavy atom. The lowest BCUT2D eigenvalue weighted by Crippen LogP contribution is -2.57. The summed E-state index contributed by atoms with van der Waals surface area (Å²) in [5.74, 6) is -4.70. The van der Waals surface area contributed by atoms with E-state index in [1.807, 2.05) is 0 Å². The van der Waals surface area contributed by atoms with E-state index in [9.17, 15) is 27.5 Å². The van der Waals surface area contributed by atoms with Crippen LogP contribution in [-0.2, 0) is 6.11 Å². The first-order valence-corrected chi connectivity index (χ1v) is 8.49. The highest BCUT2D eigenvalue weighted by atomic mass is 19.3. The van der Waals surface area contributed by atoms with Crippen molar-refractivity contribution in [3.63, 3.8) is 0 Å². The molecule has 6 nitrogen and oxygen atoms in total. The van der Waals surface area contributed by atoms with Crippen molar-refractivity contribution in [1.82, 2.24) is 4.98 Å². The number of alkyl halides is 4. The lowest BCUT2D eigenvalue weighted by atomic mass is 10.1. The third-order valence-electron chi connectivity index (χ3n) is 4.54. The molecule has 0 amide bonds. The second kappa shape index (κ2) is 6.36.